The van der Waals surface area contributed by atoms with E-state index in [4.69, 9.17) is 16.3 Å². The Morgan fingerprint density at radius 3 is 2.21 bits per heavy atom. The van der Waals surface area contributed by atoms with Gasteiger partial charge in [0.05, 0.1) is 10.7 Å². The van der Waals surface area contributed by atoms with Gasteiger partial charge in [-0.2, -0.15) is 5.10 Å². The highest BCUT2D eigenvalue weighted by molar-refractivity contribution is 6.34. The van der Waals surface area contributed by atoms with Gasteiger partial charge in [0, 0.05) is 13.6 Å². The minimum absolute atomic E-state index is 0.240. The number of hydrogen-bond acceptors (Lipinski definition) is 3. The molecule has 1 aromatic heterocycles. The standard InChI is InChI=1S/C23H26ClN3O2/c1-5-20-21(24)22(27(4)26-20)23(28)25-14-16-6-10-18(11-7-16)29-19-12-8-17(9-13-19)15(2)3/h6-13,15H,5,14H2,1-4H3,(H,25,28). The molecule has 3 aromatic rings. The second-order valence-electron chi connectivity index (χ2n) is 7.24. The zero-order chi connectivity index (χ0) is 21.0. The lowest BCUT2D eigenvalue weighted by atomic mass is 10.0. The lowest BCUT2D eigenvalue weighted by Gasteiger charge is -2.10. The van der Waals surface area contributed by atoms with Gasteiger partial charge in [-0.1, -0.05) is 56.6 Å². The van der Waals surface area contributed by atoms with E-state index in [1.54, 1.807) is 7.05 Å². The summed E-state index contributed by atoms with van der Waals surface area (Å²) in [6, 6.07) is 15.8. The van der Waals surface area contributed by atoms with Crippen molar-refractivity contribution in [3.63, 3.8) is 0 Å². The van der Waals surface area contributed by atoms with Crippen LogP contribution in [0.3, 0.4) is 0 Å². The number of nitrogens with zero attached hydrogens (tertiary/aromatic N) is 2. The molecule has 6 heteroatoms. The second-order valence-corrected chi connectivity index (χ2v) is 7.62. The molecule has 0 bridgehead atoms. The molecule has 5 nitrogen and oxygen atoms in total. The van der Waals surface area contributed by atoms with E-state index >= 15 is 0 Å². The Kier molecular flexibility index (Phi) is 6.60. The van der Waals surface area contributed by atoms with Gasteiger partial charge in [0.25, 0.3) is 5.91 Å². The van der Waals surface area contributed by atoms with Crippen LogP contribution in [0.15, 0.2) is 48.5 Å². The van der Waals surface area contributed by atoms with E-state index in [0.717, 1.165) is 22.8 Å². The zero-order valence-corrected chi connectivity index (χ0v) is 18.0. The highest BCUT2D eigenvalue weighted by Gasteiger charge is 2.19. The summed E-state index contributed by atoms with van der Waals surface area (Å²) in [6.07, 6.45) is 0.682. The van der Waals surface area contributed by atoms with E-state index in [-0.39, 0.29) is 5.91 Å². The van der Waals surface area contributed by atoms with Crippen LogP contribution in [0.4, 0.5) is 0 Å². The van der Waals surface area contributed by atoms with Gasteiger partial charge in [-0.25, -0.2) is 0 Å². The van der Waals surface area contributed by atoms with Crippen LogP contribution >= 0.6 is 11.6 Å². The normalized spacial score (nSPS) is 11.0. The van der Waals surface area contributed by atoms with Crippen LogP contribution < -0.4 is 10.1 Å². The second kappa shape index (κ2) is 9.14. The van der Waals surface area contributed by atoms with Gasteiger partial charge in [-0.3, -0.25) is 9.48 Å². The van der Waals surface area contributed by atoms with Gasteiger partial charge < -0.3 is 10.1 Å². The summed E-state index contributed by atoms with van der Waals surface area (Å²) in [5.74, 6) is 1.80. The SMILES string of the molecule is CCc1nn(C)c(C(=O)NCc2ccc(Oc3ccc(C(C)C)cc3)cc2)c1Cl. The minimum Gasteiger partial charge on any atom is -0.457 e. The third kappa shape index (κ3) is 4.98. The van der Waals surface area contributed by atoms with Crippen molar-refractivity contribution in [1.82, 2.24) is 15.1 Å². The van der Waals surface area contributed by atoms with Crippen molar-refractivity contribution >= 4 is 17.5 Å². The fourth-order valence-electron chi connectivity index (χ4n) is 3.02. The van der Waals surface area contributed by atoms with Crippen LogP contribution in [0.2, 0.25) is 5.02 Å². The number of carbonyl (C=O) groups excluding carboxylic acids is 1. The Morgan fingerprint density at radius 1 is 1.10 bits per heavy atom. The minimum atomic E-state index is -0.240. The molecular weight excluding hydrogens is 386 g/mol. The summed E-state index contributed by atoms with van der Waals surface area (Å²) in [4.78, 5) is 12.5. The van der Waals surface area contributed by atoms with Gasteiger partial charge in [0.2, 0.25) is 0 Å². The maximum atomic E-state index is 12.5. The summed E-state index contributed by atoms with van der Waals surface area (Å²) in [6.45, 7) is 6.68. The van der Waals surface area contributed by atoms with Crippen molar-refractivity contribution in [2.45, 2.75) is 39.7 Å². The van der Waals surface area contributed by atoms with E-state index in [1.165, 1.54) is 10.2 Å². The fraction of sp³-hybridized carbons (Fsp3) is 0.304. The van der Waals surface area contributed by atoms with E-state index in [0.29, 0.717) is 29.6 Å². The predicted molar refractivity (Wildman–Crippen MR) is 116 cm³/mol. The van der Waals surface area contributed by atoms with Gasteiger partial charge in [0.15, 0.2) is 0 Å². The molecule has 0 saturated heterocycles. The molecule has 3 rings (SSSR count). The Labute approximate surface area is 176 Å². The maximum absolute atomic E-state index is 12.5. The number of ether oxygens (including phenoxy) is 1. The predicted octanol–water partition coefficient (Wildman–Crippen LogP) is 5.48. The van der Waals surface area contributed by atoms with E-state index in [9.17, 15) is 4.79 Å². The highest BCUT2D eigenvalue weighted by Crippen LogP contribution is 2.24. The van der Waals surface area contributed by atoms with Crippen LogP contribution in [0.25, 0.3) is 0 Å². The number of aryl methyl sites for hydroxylation is 2. The van der Waals surface area contributed by atoms with Crippen LogP contribution in [0.1, 0.15) is 54.0 Å². The average Bonchev–Trinajstić information content (AvgIpc) is 3.01. The van der Waals surface area contributed by atoms with E-state index < -0.39 is 0 Å². The van der Waals surface area contributed by atoms with Crippen LogP contribution in [-0.4, -0.2) is 15.7 Å². The van der Waals surface area contributed by atoms with Gasteiger partial charge in [-0.15, -0.1) is 0 Å². The van der Waals surface area contributed by atoms with E-state index in [2.05, 4.69) is 36.4 Å². The molecular formula is C23H26ClN3O2. The molecule has 2 aromatic carbocycles. The molecule has 1 N–H and O–H groups in total. The molecule has 1 heterocycles. The van der Waals surface area contributed by atoms with Crippen molar-refractivity contribution in [1.29, 1.82) is 0 Å². The smallest absolute Gasteiger partial charge is 0.271 e. The van der Waals surface area contributed by atoms with Gasteiger partial charge in [0.1, 0.15) is 17.2 Å². The molecule has 0 aliphatic rings. The van der Waals surface area contributed by atoms with Crippen molar-refractivity contribution in [2.24, 2.45) is 7.05 Å². The number of benzene rings is 2. The molecule has 152 valence electrons. The number of rotatable bonds is 7. The third-order valence-electron chi connectivity index (χ3n) is 4.76. The van der Waals surface area contributed by atoms with Crippen molar-refractivity contribution < 1.29 is 9.53 Å². The lowest BCUT2D eigenvalue weighted by molar-refractivity contribution is 0.0941. The molecule has 0 aliphatic heterocycles. The van der Waals surface area contributed by atoms with Gasteiger partial charge >= 0.3 is 0 Å². The number of aromatic nitrogens is 2. The monoisotopic (exact) mass is 411 g/mol. The largest absolute Gasteiger partial charge is 0.457 e. The fourth-order valence-corrected chi connectivity index (χ4v) is 3.40. The van der Waals surface area contributed by atoms with Crippen molar-refractivity contribution in [3.05, 3.63) is 76.1 Å². The Balaban J connectivity index is 1.59. The van der Waals surface area contributed by atoms with Crippen LogP contribution in [0.5, 0.6) is 11.5 Å². The molecule has 0 spiro atoms. The Bertz CT molecular complexity index is 977. The molecule has 0 aliphatic carbocycles. The third-order valence-corrected chi connectivity index (χ3v) is 5.16. The van der Waals surface area contributed by atoms with E-state index in [1.807, 2.05) is 43.3 Å². The summed E-state index contributed by atoms with van der Waals surface area (Å²) >= 11 is 6.27. The summed E-state index contributed by atoms with van der Waals surface area (Å²) in [5.41, 5.74) is 3.36. The summed E-state index contributed by atoms with van der Waals surface area (Å²) < 4.78 is 7.42. The first kappa shape index (κ1) is 20.9. The van der Waals surface area contributed by atoms with Crippen LogP contribution in [-0.2, 0) is 20.0 Å². The van der Waals surface area contributed by atoms with Crippen LogP contribution in [0, 0.1) is 0 Å². The first-order chi connectivity index (χ1) is 13.9. The highest BCUT2D eigenvalue weighted by atomic mass is 35.5. The molecule has 0 radical (unpaired) electrons. The molecule has 0 fully saturated rings. The summed E-state index contributed by atoms with van der Waals surface area (Å²) in [5, 5.41) is 7.59. The molecule has 0 saturated carbocycles. The van der Waals surface area contributed by atoms with Crippen molar-refractivity contribution in [2.75, 3.05) is 0 Å². The first-order valence-corrected chi connectivity index (χ1v) is 10.1. The number of carbonyl (C=O) groups is 1. The number of hydrogen-bond donors (Lipinski definition) is 1. The maximum Gasteiger partial charge on any atom is 0.271 e. The molecule has 0 atom stereocenters. The quantitative estimate of drug-likeness (QED) is 0.559. The zero-order valence-electron chi connectivity index (χ0n) is 17.2. The number of amides is 1. The Hall–Kier alpha value is -2.79. The molecule has 0 unspecified atom stereocenters. The molecule has 29 heavy (non-hydrogen) atoms. The van der Waals surface area contributed by atoms with Crippen molar-refractivity contribution in [3.8, 4) is 11.5 Å². The number of halogens is 1. The summed E-state index contributed by atoms with van der Waals surface area (Å²) in [7, 11) is 1.72. The lowest BCUT2D eigenvalue weighted by Crippen LogP contribution is -2.25. The topological polar surface area (TPSA) is 56.2 Å². The first-order valence-electron chi connectivity index (χ1n) is 9.75. The Morgan fingerprint density at radius 2 is 1.69 bits per heavy atom. The number of nitrogens with one attached hydrogen (secondary N) is 1. The average molecular weight is 412 g/mol. The molecule has 1 amide bonds. The van der Waals surface area contributed by atoms with Gasteiger partial charge in [-0.05, 0) is 47.7 Å².